The maximum Gasteiger partial charge on any atom is 0.336 e. The second kappa shape index (κ2) is 6.47. The third-order valence-corrected chi connectivity index (χ3v) is 4.04. The molecule has 0 radical (unpaired) electrons. The van der Waals surface area contributed by atoms with E-state index in [0.717, 1.165) is 22.9 Å². The normalized spacial score (nSPS) is 10.9. The topological polar surface area (TPSA) is 39.4 Å². The first-order valence-corrected chi connectivity index (χ1v) is 7.89. The molecule has 0 aliphatic heterocycles. The van der Waals surface area contributed by atoms with Crippen molar-refractivity contribution in [1.82, 2.24) is 0 Å². The van der Waals surface area contributed by atoms with Gasteiger partial charge in [-0.2, -0.15) is 0 Å². The van der Waals surface area contributed by atoms with E-state index in [1.807, 2.05) is 32.0 Å². The third kappa shape index (κ3) is 3.40. The van der Waals surface area contributed by atoms with E-state index in [0.29, 0.717) is 23.0 Å². The van der Waals surface area contributed by atoms with Crippen LogP contribution in [0, 0.1) is 6.92 Å². The zero-order chi connectivity index (χ0) is 16.4. The van der Waals surface area contributed by atoms with E-state index in [1.54, 1.807) is 12.1 Å². The molecule has 1 heterocycles. The first-order valence-electron chi connectivity index (χ1n) is 7.51. The zero-order valence-electron chi connectivity index (χ0n) is 13.1. The average Bonchev–Trinajstić information content (AvgIpc) is 2.52. The molecule has 0 atom stereocenters. The zero-order valence-corrected chi connectivity index (χ0v) is 13.8. The Morgan fingerprint density at radius 1 is 1.17 bits per heavy atom. The monoisotopic (exact) mass is 328 g/mol. The van der Waals surface area contributed by atoms with E-state index in [-0.39, 0.29) is 5.63 Å². The number of benzene rings is 2. The minimum absolute atomic E-state index is 0.360. The predicted molar refractivity (Wildman–Crippen MR) is 92.4 cm³/mol. The highest BCUT2D eigenvalue weighted by Gasteiger charge is 2.10. The lowest BCUT2D eigenvalue weighted by Gasteiger charge is -2.11. The van der Waals surface area contributed by atoms with E-state index in [9.17, 15) is 4.79 Å². The first kappa shape index (κ1) is 15.6. The molecule has 0 aliphatic rings. The number of fused-ring (bicyclic) bond motifs is 1. The Labute approximate surface area is 139 Å². The van der Waals surface area contributed by atoms with Crippen molar-refractivity contribution in [1.29, 1.82) is 0 Å². The summed E-state index contributed by atoms with van der Waals surface area (Å²) in [4.78, 5) is 11.6. The standard InChI is InChI=1S/C19H17ClO3/c1-3-14-8-19(21)23-17-10-18(16(20)9-15(14)17)22-11-13-6-4-5-12(2)7-13/h4-10H,3,11H2,1-2H3. The van der Waals surface area contributed by atoms with Gasteiger partial charge in [-0.1, -0.05) is 48.4 Å². The molecule has 23 heavy (non-hydrogen) atoms. The Hall–Kier alpha value is -2.26. The first-order chi connectivity index (χ1) is 11.1. The molecule has 118 valence electrons. The molecule has 0 unspecified atom stereocenters. The summed E-state index contributed by atoms with van der Waals surface area (Å²) in [5.41, 5.74) is 3.29. The van der Waals surface area contributed by atoms with Crippen LogP contribution in [0.15, 0.2) is 51.7 Å². The van der Waals surface area contributed by atoms with Crippen molar-refractivity contribution in [2.24, 2.45) is 0 Å². The van der Waals surface area contributed by atoms with Crippen LogP contribution in [0.1, 0.15) is 23.6 Å². The molecule has 0 saturated heterocycles. The summed E-state index contributed by atoms with van der Waals surface area (Å²) >= 11 is 6.32. The summed E-state index contributed by atoms with van der Waals surface area (Å²) in [5.74, 6) is 0.511. The van der Waals surface area contributed by atoms with Crippen molar-refractivity contribution >= 4 is 22.6 Å². The third-order valence-electron chi connectivity index (χ3n) is 3.74. The number of rotatable bonds is 4. The molecule has 0 bridgehead atoms. The van der Waals surface area contributed by atoms with Crippen LogP contribution in [0.3, 0.4) is 0 Å². The Balaban J connectivity index is 1.95. The van der Waals surface area contributed by atoms with Crippen LogP contribution in [0.4, 0.5) is 0 Å². The Morgan fingerprint density at radius 2 is 2.00 bits per heavy atom. The summed E-state index contributed by atoms with van der Waals surface area (Å²) in [5, 5.41) is 1.36. The number of ether oxygens (including phenoxy) is 1. The van der Waals surface area contributed by atoms with Gasteiger partial charge in [0.05, 0.1) is 5.02 Å². The molecule has 0 fully saturated rings. The van der Waals surface area contributed by atoms with Gasteiger partial charge in [-0.05, 0) is 30.5 Å². The van der Waals surface area contributed by atoms with E-state index in [2.05, 4.69) is 6.07 Å². The van der Waals surface area contributed by atoms with Crippen LogP contribution in [-0.2, 0) is 13.0 Å². The smallest absolute Gasteiger partial charge is 0.336 e. The molecule has 3 rings (SSSR count). The lowest BCUT2D eigenvalue weighted by molar-refractivity contribution is 0.306. The van der Waals surface area contributed by atoms with Crippen LogP contribution in [0.5, 0.6) is 5.75 Å². The molecule has 1 aromatic heterocycles. The van der Waals surface area contributed by atoms with Crippen LogP contribution >= 0.6 is 11.6 Å². The molecule has 0 N–H and O–H groups in total. The largest absolute Gasteiger partial charge is 0.487 e. The second-order valence-corrected chi connectivity index (χ2v) is 5.91. The minimum atomic E-state index is -0.360. The number of hydrogen-bond acceptors (Lipinski definition) is 3. The van der Waals surface area contributed by atoms with Crippen molar-refractivity contribution in [2.45, 2.75) is 26.9 Å². The van der Waals surface area contributed by atoms with Crippen molar-refractivity contribution in [3.63, 3.8) is 0 Å². The van der Waals surface area contributed by atoms with Gasteiger partial charge in [0, 0.05) is 17.5 Å². The van der Waals surface area contributed by atoms with E-state index < -0.39 is 0 Å². The van der Waals surface area contributed by atoms with E-state index in [1.165, 1.54) is 11.6 Å². The number of aryl methyl sites for hydroxylation is 2. The Morgan fingerprint density at radius 3 is 2.74 bits per heavy atom. The lowest BCUT2D eigenvalue weighted by Crippen LogP contribution is -2.01. The van der Waals surface area contributed by atoms with Gasteiger partial charge in [-0.25, -0.2) is 4.79 Å². The fourth-order valence-electron chi connectivity index (χ4n) is 2.59. The van der Waals surface area contributed by atoms with Gasteiger partial charge in [-0.3, -0.25) is 0 Å². The van der Waals surface area contributed by atoms with Gasteiger partial charge in [-0.15, -0.1) is 0 Å². The molecule has 0 aliphatic carbocycles. The highest BCUT2D eigenvalue weighted by molar-refractivity contribution is 6.32. The highest BCUT2D eigenvalue weighted by atomic mass is 35.5. The second-order valence-electron chi connectivity index (χ2n) is 5.50. The summed E-state index contributed by atoms with van der Waals surface area (Å²) in [6.07, 6.45) is 0.738. The number of hydrogen-bond donors (Lipinski definition) is 0. The van der Waals surface area contributed by atoms with E-state index in [4.69, 9.17) is 20.8 Å². The van der Waals surface area contributed by atoms with Gasteiger partial charge < -0.3 is 9.15 Å². The summed E-state index contributed by atoms with van der Waals surface area (Å²) in [6, 6.07) is 13.1. The fraction of sp³-hybridized carbons (Fsp3) is 0.211. The molecular formula is C19H17ClO3. The van der Waals surface area contributed by atoms with Gasteiger partial charge in [0.15, 0.2) is 0 Å². The molecule has 3 nitrogen and oxygen atoms in total. The average molecular weight is 329 g/mol. The van der Waals surface area contributed by atoms with Gasteiger partial charge in [0.25, 0.3) is 0 Å². The molecule has 0 amide bonds. The van der Waals surface area contributed by atoms with Crippen LogP contribution < -0.4 is 10.4 Å². The maximum atomic E-state index is 11.6. The molecule has 4 heteroatoms. The summed E-state index contributed by atoms with van der Waals surface area (Å²) in [7, 11) is 0. The Bertz CT molecular complexity index is 912. The van der Waals surface area contributed by atoms with Crippen LogP contribution in [0.25, 0.3) is 11.0 Å². The van der Waals surface area contributed by atoms with Gasteiger partial charge >= 0.3 is 5.63 Å². The van der Waals surface area contributed by atoms with Crippen LogP contribution in [-0.4, -0.2) is 0 Å². The SMILES string of the molecule is CCc1cc(=O)oc2cc(OCc3cccc(C)c3)c(Cl)cc12. The Kier molecular flexibility index (Phi) is 4.39. The molecule has 0 saturated carbocycles. The highest BCUT2D eigenvalue weighted by Crippen LogP contribution is 2.31. The number of halogens is 1. The van der Waals surface area contributed by atoms with Crippen molar-refractivity contribution < 1.29 is 9.15 Å². The minimum Gasteiger partial charge on any atom is -0.487 e. The van der Waals surface area contributed by atoms with Crippen molar-refractivity contribution in [3.05, 3.63) is 74.6 Å². The van der Waals surface area contributed by atoms with E-state index >= 15 is 0 Å². The van der Waals surface area contributed by atoms with Gasteiger partial charge in [0.2, 0.25) is 0 Å². The predicted octanol–water partition coefficient (Wildman–Crippen LogP) is 4.90. The molecule has 0 spiro atoms. The van der Waals surface area contributed by atoms with Crippen LogP contribution in [0.2, 0.25) is 5.02 Å². The summed E-state index contributed by atoms with van der Waals surface area (Å²) < 4.78 is 11.1. The maximum absolute atomic E-state index is 11.6. The van der Waals surface area contributed by atoms with Crippen molar-refractivity contribution in [3.8, 4) is 5.75 Å². The summed E-state index contributed by atoms with van der Waals surface area (Å²) in [6.45, 7) is 4.43. The fourth-order valence-corrected chi connectivity index (χ4v) is 2.81. The van der Waals surface area contributed by atoms with Gasteiger partial charge in [0.1, 0.15) is 17.9 Å². The molecular weight excluding hydrogens is 312 g/mol. The van der Waals surface area contributed by atoms with Crippen molar-refractivity contribution in [2.75, 3.05) is 0 Å². The quantitative estimate of drug-likeness (QED) is 0.640. The lowest BCUT2D eigenvalue weighted by atomic mass is 10.1. The molecule has 2 aromatic carbocycles. The molecule has 3 aromatic rings.